The van der Waals surface area contributed by atoms with Gasteiger partial charge in [-0.3, -0.25) is 10.1 Å². The van der Waals surface area contributed by atoms with Gasteiger partial charge >= 0.3 is 5.69 Å². The Morgan fingerprint density at radius 1 is 1.40 bits per heavy atom. The number of hydrogen-bond donors (Lipinski definition) is 0. The molecule has 0 saturated carbocycles. The van der Waals surface area contributed by atoms with Gasteiger partial charge in [-0.15, -0.1) is 0 Å². The largest absolute Gasteiger partial charge is 0.348 e. The molecule has 0 bridgehead atoms. The Labute approximate surface area is 118 Å². The second kappa shape index (κ2) is 4.68. The minimum absolute atomic E-state index is 0.0827. The Morgan fingerprint density at radius 3 is 2.95 bits per heavy atom. The van der Waals surface area contributed by atoms with Gasteiger partial charge in [-0.2, -0.15) is 0 Å². The molecule has 20 heavy (non-hydrogen) atoms. The second-order valence-corrected chi connectivity index (χ2v) is 4.63. The van der Waals surface area contributed by atoms with Gasteiger partial charge in [-0.1, -0.05) is 17.7 Å². The van der Waals surface area contributed by atoms with Gasteiger partial charge in [0.1, 0.15) is 12.1 Å². The monoisotopic (exact) mass is 294 g/mol. The number of anilines is 2. The predicted octanol–water partition coefficient (Wildman–Crippen LogP) is 2.87. The number of halogens is 2. The summed E-state index contributed by atoms with van der Waals surface area (Å²) in [5.74, 6) is -0.321. The molecule has 0 saturated heterocycles. The van der Waals surface area contributed by atoms with Crippen LogP contribution >= 0.6 is 11.6 Å². The van der Waals surface area contributed by atoms with Gasteiger partial charge in [0.05, 0.1) is 4.92 Å². The number of fused-ring (bicyclic) bond motifs is 1. The van der Waals surface area contributed by atoms with E-state index in [-0.39, 0.29) is 16.7 Å². The molecule has 0 spiro atoms. The molecule has 6 nitrogen and oxygen atoms in total. The molecular formula is C12H8ClFN4O2. The zero-order valence-electron chi connectivity index (χ0n) is 10.1. The number of aromatic nitrogens is 2. The quantitative estimate of drug-likeness (QED) is 0.484. The summed E-state index contributed by atoms with van der Waals surface area (Å²) in [4.78, 5) is 19.6. The molecule has 0 atom stereocenters. The van der Waals surface area contributed by atoms with E-state index in [4.69, 9.17) is 11.6 Å². The van der Waals surface area contributed by atoms with Gasteiger partial charge in [0.25, 0.3) is 0 Å². The molecule has 0 amide bonds. The Balaban J connectivity index is 2.16. The minimum atomic E-state index is -0.630. The van der Waals surface area contributed by atoms with Crippen molar-refractivity contribution in [3.8, 4) is 0 Å². The molecule has 0 aliphatic carbocycles. The van der Waals surface area contributed by atoms with Crippen molar-refractivity contribution in [3.63, 3.8) is 0 Å². The minimum Gasteiger partial charge on any atom is -0.320 e. The SMILES string of the molecule is O=[N+]([O-])c1c(Cl)ncnc1N1CCc2ccc(F)cc21. The Kier molecular flexibility index (Phi) is 2.98. The van der Waals surface area contributed by atoms with Crippen molar-refractivity contribution in [2.45, 2.75) is 6.42 Å². The highest BCUT2D eigenvalue weighted by atomic mass is 35.5. The van der Waals surface area contributed by atoms with Crippen LogP contribution in [0.15, 0.2) is 24.5 Å². The van der Waals surface area contributed by atoms with Crippen molar-refractivity contribution < 1.29 is 9.31 Å². The second-order valence-electron chi connectivity index (χ2n) is 4.27. The van der Waals surface area contributed by atoms with Crippen LogP contribution in [0.4, 0.5) is 21.6 Å². The van der Waals surface area contributed by atoms with Gasteiger partial charge in [0, 0.05) is 12.2 Å². The fourth-order valence-corrected chi connectivity index (χ4v) is 2.47. The molecule has 1 aromatic heterocycles. The highest BCUT2D eigenvalue weighted by molar-refractivity contribution is 6.31. The first-order valence-electron chi connectivity index (χ1n) is 5.79. The fraction of sp³-hybridized carbons (Fsp3) is 0.167. The van der Waals surface area contributed by atoms with Crippen LogP contribution in [0.3, 0.4) is 0 Å². The van der Waals surface area contributed by atoms with Crippen LogP contribution in [-0.2, 0) is 6.42 Å². The third-order valence-electron chi connectivity index (χ3n) is 3.14. The summed E-state index contributed by atoms with van der Waals surface area (Å²) >= 11 is 5.77. The lowest BCUT2D eigenvalue weighted by Crippen LogP contribution is -2.17. The van der Waals surface area contributed by atoms with Gasteiger partial charge in [-0.25, -0.2) is 14.4 Å². The average molecular weight is 295 g/mol. The molecule has 1 aliphatic heterocycles. The number of nitro groups is 1. The van der Waals surface area contributed by atoms with Crippen LogP contribution < -0.4 is 4.90 Å². The van der Waals surface area contributed by atoms with Gasteiger partial charge < -0.3 is 4.90 Å². The number of hydrogen-bond acceptors (Lipinski definition) is 5. The van der Waals surface area contributed by atoms with Crippen molar-refractivity contribution in [1.82, 2.24) is 9.97 Å². The van der Waals surface area contributed by atoms with E-state index in [0.717, 1.165) is 11.9 Å². The van der Waals surface area contributed by atoms with Gasteiger partial charge in [0.15, 0.2) is 0 Å². The van der Waals surface area contributed by atoms with Crippen molar-refractivity contribution in [2.75, 3.05) is 11.4 Å². The zero-order valence-corrected chi connectivity index (χ0v) is 10.8. The molecule has 1 aliphatic rings. The molecule has 0 fully saturated rings. The number of rotatable bonds is 2. The third kappa shape index (κ3) is 1.96. The lowest BCUT2D eigenvalue weighted by molar-refractivity contribution is -0.384. The maximum atomic E-state index is 13.4. The zero-order chi connectivity index (χ0) is 14.3. The first kappa shape index (κ1) is 12.7. The third-order valence-corrected chi connectivity index (χ3v) is 3.42. The molecule has 1 aromatic carbocycles. The molecule has 2 heterocycles. The van der Waals surface area contributed by atoms with Crippen LogP contribution in [0.1, 0.15) is 5.56 Å². The Bertz CT molecular complexity index is 710. The van der Waals surface area contributed by atoms with Crippen LogP contribution in [0.5, 0.6) is 0 Å². The lowest BCUT2D eigenvalue weighted by atomic mass is 10.2. The summed E-state index contributed by atoms with van der Waals surface area (Å²) in [6.45, 7) is 0.479. The fourth-order valence-electron chi connectivity index (χ4n) is 2.28. The van der Waals surface area contributed by atoms with E-state index in [9.17, 15) is 14.5 Å². The summed E-state index contributed by atoms with van der Waals surface area (Å²) in [7, 11) is 0. The van der Waals surface area contributed by atoms with Crippen LogP contribution in [0.25, 0.3) is 0 Å². The molecule has 0 N–H and O–H groups in total. The molecule has 8 heteroatoms. The van der Waals surface area contributed by atoms with E-state index in [1.54, 1.807) is 11.0 Å². The topological polar surface area (TPSA) is 72.2 Å². The summed E-state index contributed by atoms with van der Waals surface area (Å²) in [5, 5.41) is 10.9. The smallest absolute Gasteiger partial charge is 0.320 e. The molecule has 3 rings (SSSR count). The first-order valence-corrected chi connectivity index (χ1v) is 6.16. The van der Waals surface area contributed by atoms with E-state index in [0.29, 0.717) is 18.7 Å². The average Bonchev–Trinajstić information content (AvgIpc) is 2.80. The molecular weight excluding hydrogens is 287 g/mol. The summed E-state index contributed by atoms with van der Waals surface area (Å²) in [6, 6.07) is 4.37. The van der Waals surface area contributed by atoms with E-state index >= 15 is 0 Å². The summed E-state index contributed by atoms with van der Waals surface area (Å²) < 4.78 is 13.4. The first-order chi connectivity index (χ1) is 9.58. The normalized spacial score (nSPS) is 13.4. The summed E-state index contributed by atoms with van der Waals surface area (Å²) in [5.41, 5.74) is 1.12. The molecule has 2 aromatic rings. The van der Waals surface area contributed by atoms with E-state index in [1.165, 1.54) is 12.1 Å². The van der Waals surface area contributed by atoms with Crippen molar-refractivity contribution in [2.24, 2.45) is 0 Å². The van der Waals surface area contributed by atoms with Crippen LogP contribution in [0.2, 0.25) is 5.15 Å². The van der Waals surface area contributed by atoms with Crippen molar-refractivity contribution in [3.05, 3.63) is 51.2 Å². The van der Waals surface area contributed by atoms with E-state index in [1.807, 2.05) is 0 Å². The maximum Gasteiger partial charge on any atom is 0.348 e. The number of nitrogens with zero attached hydrogens (tertiary/aromatic N) is 4. The van der Waals surface area contributed by atoms with Crippen molar-refractivity contribution in [1.29, 1.82) is 0 Å². The highest BCUT2D eigenvalue weighted by Gasteiger charge is 2.30. The highest BCUT2D eigenvalue weighted by Crippen LogP contribution is 2.40. The van der Waals surface area contributed by atoms with E-state index in [2.05, 4.69) is 9.97 Å². The number of benzene rings is 1. The summed E-state index contributed by atoms with van der Waals surface area (Å²) in [6.07, 6.45) is 1.82. The van der Waals surface area contributed by atoms with Gasteiger partial charge in [-0.05, 0) is 24.1 Å². The Morgan fingerprint density at radius 2 is 2.20 bits per heavy atom. The predicted molar refractivity (Wildman–Crippen MR) is 70.8 cm³/mol. The van der Waals surface area contributed by atoms with Crippen LogP contribution in [-0.4, -0.2) is 21.4 Å². The molecule has 0 radical (unpaired) electrons. The lowest BCUT2D eigenvalue weighted by Gasteiger charge is -2.17. The van der Waals surface area contributed by atoms with Gasteiger partial charge in [0.2, 0.25) is 11.0 Å². The molecule has 0 unspecified atom stereocenters. The standard InChI is InChI=1S/C12H8ClFN4O2/c13-11-10(18(19)20)12(16-6-15-11)17-4-3-7-1-2-8(14)5-9(7)17/h1-2,5-6H,3-4H2. The van der Waals surface area contributed by atoms with E-state index < -0.39 is 10.7 Å². The maximum absolute atomic E-state index is 13.4. The molecule has 102 valence electrons. The van der Waals surface area contributed by atoms with Crippen molar-refractivity contribution >= 4 is 28.8 Å². The Hall–Kier alpha value is -2.28. The van der Waals surface area contributed by atoms with Crippen LogP contribution in [0, 0.1) is 15.9 Å².